The summed E-state index contributed by atoms with van der Waals surface area (Å²) in [6.45, 7) is 0. The van der Waals surface area contributed by atoms with Gasteiger partial charge in [0, 0.05) is 12.3 Å². The Labute approximate surface area is 124 Å². The van der Waals surface area contributed by atoms with Crippen LogP contribution in [0, 0.1) is 10.1 Å². The summed E-state index contributed by atoms with van der Waals surface area (Å²) in [6.07, 6.45) is 3.83. The summed E-state index contributed by atoms with van der Waals surface area (Å²) in [5.74, 6) is 0.243. The van der Waals surface area contributed by atoms with Gasteiger partial charge in [-0.2, -0.15) is 0 Å². The first-order valence-electron chi connectivity index (χ1n) is 6.07. The zero-order valence-electron chi connectivity index (χ0n) is 11.0. The minimum Gasteiger partial charge on any atom is -0.442 e. The number of oxazole rings is 1. The predicted molar refractivity (Wildman–Crippen MR) is 75.6 cm³/mol. The number of para-hydroxylation sites is 1. The summed E-state index contributed by atoms with van der Waals surface area (Å²) >= 11 is 0. The van der Waals surface area contributed by atoms with Crippen LogP contribution >= 0.6 is 0 Å². The van der Waals surface area contributed by atoms with Crippen LogP contribution in [0.1, 0.15) is 0 Å². The minimum absolute atomic E-state index is 0.232. The summed E-state index contributed by atoms with van der Waals surface area (Å²) in [4.78, 5) is 13.7. The molecule has 0 amide bonds. The van der Waals surface area contributed by atoms with Crippen LogP contribution in [0.25, 0.3) is 11.5 Å². The number of aromatic nitrogens is 2. The summed E-state index contributed by atoms with van der Waals surface area (Å²) in [6, 6.07) is 8.20. The molecule has 2 aromatic heterocycles. The van der Waals surface area contributed by atoms with E-state index in [1.807, 2.05) is 0 Å². The average Bonchev–Trinajstić information content (AvgIpc) is 3.18. The fourth-order valence-corrected chi connectivity index (χ4v) is 3.55. The van der Waals surface area contributed by atoms with E-state index in [0.29, 0.717) is 0 Å². The third-order valence-corrected chi connectivity index (χ3v) is 4.73. The monoisotopic (exact) mass is 319 g/mol. The number of nitrogens with zero attached hydrogens (tertiary/aromatic N) is 3. The Morgan fingerprint density at radius 2 is 1.95 bits per heavy atom. The summed E-state index contributed by atoms with van der Waals surface area (Å²) < 4.78 is 31.5. The van der Waals surface area contributed by atoms with E-state index in [9.17, 15) is 18.5 Å². The second kappa shape index (κ2) is 5.11. The molecule has 0 fully saturated rings. The Morgan fingerprint density at radius 1 is 1.18 bits per heavy atom. The van der Waals surface area contributed by atoms with Crippen LogP contribution in [0.4, 0.5) is 5.69 Å². The molecule has 0 saturated heterocycles. The Morgan fingerprint density at radius 3 is 2.64 bits per heavy atom. The molecule has 3 aromatic rings. The van der Waals surface area contributed by atoms with Crippen molar-refractivity contribution in [3.05, 3.63) is 65.3 Å². The maximum atomic E-state index is 12.7. The van der Waals surface area contributed by atoms with Crippen LogP contribution in [0.2, 0.25) is 0 Å². The van der Waals surface area contributed by atoms with Gasteiger partial charge in [-0.05, 0) is 18.2 Å². The topological polar surface area (TPSA) is 108 Å². The Kier molecular flexibility index (Phi) is 3.26. The van der Waals surface area contributed by atoms with E-state index in [4.69, 9.17) is 4.42 Å². The number of rotatable bonds is 4. The highest BCUT2D eigenvalue weighted by molar-refractivity contribution is 7.90. The van der Waals surface area contributed by atoms with E-state index in [2.05, 4.69) is 4.98 Å². The summed E-state index contributed by atoms with van der Waals surface area (Å²) in [5.41, 5.74) is -0.254. The van der Waals surface area contributed by atoms with Crippen LogP contribution in [0.15, 0.2) is 64.5 Å². The summed E-state index contributed by atoms with van der Waals surface area (Å²) in [5, 5.41) is 11.1. The van der Waals surface area contributed by atoms with Gasteiger partial charge >= 0.3 is 0 Å². The van der Waals surface area contributed by atoms with Crippen molar-refractivity contribution in [2.45, 2.75) is 4.90 Å². The molecule has 1 aromatic carbocycles. The molecule has 0 aliphatic carbocycles. The van der Waals surface area contributed by atoms with Crippen molar-refractivity contribution in [2.75, 3.05) is 0 Å². The van der Waals surface area contributed by atoms with Gasteiger partial charge in [0.2, 0.25) is 0 Å². The van der Waals surface area contributed by atoms with Crippen molar-refractivity contribution in [1.82, 2.24) is 8.96 Å². The smallest absolute Gasteiger partial charge is 0.289 e. The zero-order valence-corrected chi connectivity index (χ0v) is 11.8. The van der Waals surface area contributed by atoms with Gasteiger partial charge in [0.1, 0.15) is 5.69 Å². The quantitative estimate of drug-likeness (QED) is 0.539. The number of benzene rings is 1. The number of hydrogen-bond donors (Lipinski definition) is 0. The van der Waals surface area contributed by atoms with Gasteiger partial charge in [0.25, 0.3) is 15.7 Å². The Hall–Kier alpha value is -2.94. The van der Waals surface area contributed by atoms with Crippen molar-refractivity contribution in [3.63, 3.8) is 0 Å². The van der Waals surface area contributed by atoms with Crippen LogP contribution in [-0.4, -0.2) is 22.3 Å². The lowest BCUT2D eigenvalue weighted by Crippen LogP contribution is -2.14. The number of nitro groups is 1. The van der Waals surface area contributed by atoms with Crippen LogP contribution < -0.4 is 0 Å². The van der Waals surface area contributed by atoms with E-state index in [0.717, 1.165) is 10.0 Å². The molecule has 3 rings (SSSR count). The first-order chi connectivity index (χ1) is 10.5. The lowest BCUT2D eigenvalue weighted by atomic mass is 10.3. The molecular weight excluding hydrogens is 310 g/mol. The van der Waals surface area contributed by atoms with Crippen molar-refractivity contribution in [2.24, 2.45) is 0 Å². The van der Waals surface area contributed by atoms with Crippen LogP contribution in [0.5, 0.6) is 0 Å². The van der Waals surface area contributed by atoms with E-state index >= 15 is 0 Å². The first-order valence-corrected chi connectivity index (χ1v) is 7.51. The fraction of sp³-hybridized carbons (Fsp3) is 0. The van der Waals surface area contributed by atoms with Crippen LogP contribution in [-0.2, 0) is 10.0 Å². The molecular formula is C13H9N3O5S. The molecule has 0 aliphatic heterocycles. The van der Waals surface area contributed by atoms with Crippen LogP contribution in [0.3, 0.4) is 0 Å². The van der Waals surface area contributed by atoms with Crippen molar-refractivity contribution in [1.29, 1.82) is 0 Å². The van der Waals surface area contributed by atoms with Gasteiger partial charge in [-0.3, -0.25) is 10.1 Å². The second-order valence-electron chi connectivity index (χ2n) is 4.28. The third-order valence-electron chi connectivity index (χ3n) is 3.00. The summed E-state index contributed by atoms with van der Waals surface area (Å²) in [7, 11) is -4.14. The van der Waals surface area contributed by atoms with Gasteiger partial charge in [-0.25, -0.2) is 17.4 Å². The highest BCUT2D eigenvalue weighted by Crippen LogP contribution is 2.29. The maximum absolute atomic E-state index is 12.7. The molecule has 0 radical (unpaired) electrons. The molecule has 22 heavy (non-hydrogen) atoms. The number of hydrogen-bond acceptors (Lipinski definition) is 6. The van der Waals surface area contributed by atoms with Crippen molar-refractivity contribution < 1.29 is 17.8 Å². The fourth-order valence-electron chi connectivity index (χ4n) is 2.04. The Bertz CT molecular complexity index is 928. The van der Waals surface area contributed by atoms with Crippen molar-refractivity contribution >= 4 is 15.7 Å². The molecule has 0 spiro atoms. The van der Waals surface area contributed by atoms with Gasteiger partial charge in [-0.1, -0.05) is 12.1 Å². The lowest BCUT2D eigenvalue weighted by Gasteiger charge is -2.09. The molecule has 9 heteroatoms. The number of nitro benzene ring substituents is 1. The van der Waals surface area contributed by atoms with E-state index in [1.54, 1.807) is 0 Å². The maximum Gasteiger partial charge on any atom is 0.289 e. The molecule has 0 atom stereocenters. The van der Waals surface area contributed by atoms with Gasteiger partial charge in [0.15, 0.2) is 17.0 Å². The first kappa shape index (κ1) is 14.0. The Balaban J connectivity index is 2.21. The largest absolute Gasteiger partial charge is 0.442 e. The highest BCUT2D eigenvalue weighted by Gasteiger charge is 2.28. The standard InChI is InChI=1S/C13H9N3O5S/c17-16(18)11-4-1-2-6-13(11)22(19,20)15-7-3-5-10(15)12-8-14-9-21-12/h1-9H. The van der Waals surface area contributed by atoms with Gasteiger partial charge in [0.05, 0.1) is 11.1 Å². The van der Waals surface area contributed by atoms with Gasteiger partial charge < -0.3 is 4.42 Å². The molecule has 0 unspecified atom stereocenters. The molecule has 0 aliphatic rings. The van der Waals surface area contributed by atoms with E-state index < -0.39 is 25.5 Å². The molecule has 0 saturated carbocycles. The molecule has 112 valence electrons. The SMILES string of the molecule is O=[N+]([O-])c1ccccc1S(=O)(=O)n1cccc1-c1cnco1. The molecule has 0 bridgehead atoms. The van der Waals surface area contributed by atoms with E-state index in [-0.39, 0.29) is 11.5 Å². The molecule has 2 heterocycles. The normalized spacial score (nSPS) is 11.5. The van der Waals surface area contributed by atoms with Gasteiger partial charge in [-0.15, -0.1) is 0 Å². The van der Waals surface area contributed by atoms with E-state index in [1.165, 1.54) is 49.1 Å². The molecule has 8 nitrogen and oxygen atoms in total. The zero-order chi connectivity index (χ0) is 15.7. The third kappa shape index (κ3) is 2.17. The second-order valence-corrected chi connectivity index (χ2v) is 6.07. The lowest BCUT2D eigenvalue weighted by molar-refractivity contribution is -0.387. The highest BCUT2D eigenvalue weighted by atomic mass is 32.2. The predicted octanol–water partition coefficient (Wildman–Crippen LogP) is 2.29. The minimum atomic E-state index is -4.14. The van der Waals surface area contributed by atoms with Crippen molar-refractivity contribution in [3.8, 4) is 11.5 Å². The molecule has 0 N–H and O–H groups in total. The average molecular weight is 319 g/mol.